The van der Waals surface area contributed by atoms with Crippen LogP contribution in [0.15, 0.2) is 20.8 Å². The fourth-order valence-corrected chi connectivity index (χ4v) is 7.30. The number of amides is 2. The monoisotopic (exact) mass is 561 g/mol. The number of aromatic nitrogens is 3. The van der Waals surface area contributed by atoms with Gasteiger partial charge in [0.2, 0.25) is 0 Å². The Morgan fingerprint density at radius 1 is 1.44 bits per heavy atom. The lowest BCUT2D eigenvalue weighted by Crippen LogP contribution is -2.71. The predicted octanol–water partition coefficient (Wildman–Crippen LogP) is 1.42. The predicted molar refractivity (Wildman–Crippen MR) is 130 cm³/mol. The van der Waals surface area contributed by atoms with Gasteiger partial charge in [-0.05, 0) is 24.0 Å². The topological polar surface area (TPSA) is 173 Å². The molecule has 0 saturated carbocycles. The van der Waals surface area contributed by atoms with Gasteiger partial charge in [-0.2, -0.15) is 4.37 Å². The van der Waals surface area contributed by atoms with Crippen molar-refractivity contribution in [2.75, 3.05) is 24.3 Å². The molecule has 2 aromatic heterocycles. The van der Waals surface area contributed by atoms with Crippen LogP contribution in [0.4, 0.5) is 5.13 Å². The highest BCUT2D eigenvalue weighted by Crippen LogP contribution is 2.41. The molecule has 180 valence electrons. The number of halogens is 1. The molecule has 1 fully saturated rings. The third kappa shape index (κ3) is 4.72. The molecule has 0 bridgehead atoms. The molecule has 17 heteroatoms. The number of carboxylic acid groups (broad SMARTS) is 1. The van der Waals surface area contributed by atoms with Crippen molar-refractivity contribution in [1.82, 2.24) is 24.6 Å². The van der Waals surface area contributed by atoms with Crippen LogP contribution in [0.5, 0.6) is 0 Å². The minimum atomic E-state index is -1.21. The largest absolute Gasteiger partial charge is 0.477 e. The Hall–Kier alpha value is -2.40. The number of rotatable bonds is 8. The average Bonchev–Trinajstić information content (AvgIpc) is 3.36. The van der Waals surface area contributed by atoms with E-state index < -0.39 is 29.2 Å². The number of carboxylic acids is 1. The standard InChI is InChI=1S/C17H16ClN7O5S4/c1-5-20-17(34-24-5)32-4-6-3-31-14-9(13(27)25(14)10(6)15(28)29)21-12(26)8(23-30-2)7-11(18)33-16(19)22-7/h9,14H,3-4H2,1-2H3,(H2,19,22)(H,21,26)(H,28,29)/t9?,14-/m0/s1. The zero-order valence-corrected chi connectivity index (χ0v) is 21.5. The highest BCUT2D eigenvalue weighted by atomic mass is 35.5. The maximum absolute atomic E-state index is 12.9. The molecule has 2 atom stereocenters. The van der Waals surface area contributed by atoms with E-state index in [9.17, 15) is 19.5 Å². The second-order valence-electron chi connectivity index (χ2n) is 6.81. The number of nitrogens with one attached hydrogen (secondary N) is 1. The Bertz CT molecular complexity index is 1230. The van der Waals surface area contributed by atoms with E-state index in [-0.39, 0.29) is 26.6 Å². The summed E-state index contributed by atoms with van der Waals surface area (Å²) < 4.78 is 4.96. The van der Waals surface area contributed by atoms with Crippen molar-refractivity contribution in [3.05, 3.63) is 27.1 Å². The van der Waals surface area contributed by atoms with Crippen molar-refractivity contribution in [1.29, 1.82) is 0 Å². The van der Waals surface area contributed by atoms with Crippen molar-refractivity contribution in [2.24, 2.45) is 5.16 Å². The Labute approximate surface area is 214 Å². The SMILES string of the molecule is CON=C(C(=O)NC1C(=O)N2C(C(=O)O)=C(CSc3nc(C)ns3)CS[C@@H]12)c1nc(N)sc1Cl. The van der Waals surface area contributed by atoms with E-state index >= 15 is 0 Å². The first-order chi connectivity index (χ1) is 16.2. The maximum Gasteiger partial charge on any atom is 0.352 e. The van der Waals surface area contributed by atoms with Gasteiger partial charge in [-0.15, -0.1) is 11.8 Å². The van der Waals surface area contributed by atoms with E-state index in [1.165, 1.54) is 47.1 Å². The minimum Gasteiger partial charge on any atom is -0.477 e. The number of nitrogens with two attached hydrogens (primary N) is 1. The molecule has 12 nitrogen and oxygen atoms in total. The summed E-state index contributed by atoms with van der Waals surface area (Å²) in [6.45, 7) is 1.77. The van der Waals surface area contributed by atoms with Crippen LogP contribution in [0, 0.1) is 6.92 Å². The summed E-state index contributed by atoms with van der Waals surface area (Å²) in [5.74, 6) is -1.13. The summed E-state index contributed by atoms with van der Waals surface area (Å²) >= 11 is 11.0. The van der Waals surface area contributed by atoms with Crippen LogP contribution in [0.1, 0.15) is 11.5 Å². The number of β-lactam (4-membered cyclic amide) rings is 1. The Kier molecular flexibility index (Phi) is 7.32. The second-order valence-corrected chi connectivity index (χ2v) is 11.5. The number of oxime groups is 1. The zero-order chi connectivity index (χ0) is 24.6. The fraction of sp³-hybridized carbons (Fsp3) is 0.353. The summed E-state index contributed by atoms with van der Waals surface area (Å²) in [5, 5.41) is 15.6. The average molecular weight is 562 g/mol. The number of fused-ring (bicyclic) bond motifs is 1. The van der Waals surface area contributed by atoms with Gasteiger partial charge < -0.3 is 21.0 Å². The molecular weight excluding hydrogens is 546 g/mol. The second kappa shape index (κ2) is 10.1. The van der Waals surface area contributed by atoms with Crippen molar-refractivity contribution >= 4 is 86.6 Å². The first-order valence-electron chi connectivity index (χ1n) is 9.38. The van der Waals surface area contributed by atoms with Crippen LogP contribution in [-0.2, 0) is 19.2 Å². The van der Waals surface area contributed by atoms with Crippen LogP contribution in [0.25, 0.3) is 0 Å². The molecule has 2 aromatic rings. The molecule has 4 N–H and O–H groups in total. The van der Waals surface area contributed by atoms with Crippen LogP contribution in [-0.4, -0.2) is 77.9 Å². The van der Waals surface area contributed by atoms with E-state index in [0.717, 1.165) is 11.3 Å². The number of aryl methyl sites for hydroxylation is 1. The van der Waals surface area contributed by atoms with E-state index in [1.54, 1.807) is 6.92 Å². The molecule has 0 aliphatic carbocycles. The molecule has 4 rings (SSSR count). The lowest BCUT2D eigenvalue weighted by molar-refractivity contribution is -0.150. The molecule has 2 aliphatic heterocycles. The quantitative estimate of drug-likeness (QED) is 0.184. The number of hydrogen-bond acceptors (Lipinski definition) is 13. The molecular formula is C17H16ClN7O5S4. The van der Waals surface area contributed by atoms with Crippen molar-refractivity contribution in [2.45, 2.75) is 22.7 Å². The van der Waals surface area contributed by atoms with Gasteiger partial charge in [0.1, 0.15) is 40.1 Å². The molecule has 0 aromatic carbocycles. The Balaban J connectivity index is 1.50. The molecule has 0 spiro atoms. The van der Waals surface area contributed by atoms with Crippen LogP contribution < -0.4 is 11.1 Å². The van der Waals surface area contributed by atoms with Crippen LogP contribution in [0.3, 0.4) is 0 Å². The number of aliphatic carboxylic acids is 1. The summed E-state index contributed by atoms with van der Waals surface area (Å²) in [7, 11) is 1.25. The molecule has 0 radical (unpaired) electrons. The fourth-order valence-electron chi connectivity index (χ4n) is 3.24. The normalized spacial score (nSPS) is 20.1. The lowest BCUT2D eigenvalue weighted by Gasteiger charge is -2.49. The first-order valence-corrected chi connectivity index (χ1v) is 13.4. The first kappa shape index (κ1) is 24.7. The number of thioether (sulfide) groups is 2. The van der Waals surface area contributed by atoms with Gasteiger partial charge in [-0.3, -0.25) is 14.5 Å². The molecule has 2 amide bonds. The lowest BCUT2D eigenvalue weighted by atomic mass is 10.0. The molecule has 34 heavy (non-hydrogen) atoms. The molecule has 1 saturated heterocycles. The minimum absolute atomic E-state index is 0.0285. The number of carbonyl (C=O) groups is 3. The number of thiazole rings is 1. The number of anilines is 1. The molecule has 4 heterocycles. The smallest absolute Gasteiger partial charge is 0.352 e. The van der Waals surface area contributed by atoms with Crippen molar-refractivity contribution in [3.63, 3.8) is 0 Å². The molecule has 2 aliphatic rings. The summed E-state index contributed by atoms with van der Waals surface area (Å²) in [5.41, 5.74) is 5.95. The Morgan fingerprint density at radius 3 is 2.79 bits per heavy atom. The number of nitrogens with zero attached hydrogens (tertiary/aromatic N) is 5. The zero-order valence-electron chi connectivity index (χ0n) is 17.5. The highest BCUT2D eigenvalue weighted by Gasteiger charge is 2.54. The summed E-state index contributed by atoms with van der Waals surface area (Å²) in [6.07, 6.45) is 0. The Morgan fingerprint density at radius 2 is 2.21 bits per heavy atom. The van der Waals surface area contributed by atoms with Gasteiger partial charge in [-0.25, -0.2) is 14.8 Å². The van der Waals surface area contributed by atoms with Gasteiger partial charge in [0.05, 0.1) is 0 Å². The van der Waals surface area contributed by atoms with E-state index in [1.807, 2.05) is 0 Å². The van der Waals surface area contributed by atoms with Crippen molar-refractivity contribution < 1.29 is 24.3 Å². The summed E-state index contributed by atoms with van der Waals surface area (Å²) in [6, 6.07) is -0.955. The van der Waals surface area contributed by atoms with Gasteiger partial charge in [0.25, 0.3) is 11.8 Å². The van der Waals surface area contributed by atoms with E-state index in [0.29, 0.717) is 27.2 Å². The third-order valence-corrected chi connectivity index (χ3v) is 9.07. The van der Waals surface area contributed by atoms with Crippen LogP contribution >= 0.6 is 58.0 Å². The van der Waals surface area contributed by atoms with Gasteiger partial charge in [-0.1, -0.05) is 39.9 Å². The highest BCUT2D eigenvalue weighted by molar-refractivity contribution is 8.01. The van der Waals surface area contributed by atoms with Gasteiger partial charge >= 0.3 is 5.97 Å². The van der Waals surface area contributed by atoms with Gasteiger partial charge in [0.15, 0.2) is 15.2 Å². The van der Waals surface area contributed by atoms with E-state index in [2.05, 4.69) is 24.8 Å². The number of nitrogen functional groups attached to an aromatic ring is 1. The van der Waals surface area contributed by atoms with Crippen molar-refractivity contribution in [3.8, 4) is 0 Å². The third-order valence-electron chi connectivity index (χ3n) is 4.64. The van der Waals surface area contributed by atoms with Crippen LogP contribution in [0.2, 0.25) is 4.34 Å². The number of hydrogen-bond donors (Lipinski definition) is 3. The maximum atomic E-state index is 12.9. The van der Waals surface area contributed by atoms with E-state index in [4.69, 9.17) is 22.2 Å². The summed E-state index contributed by atoms with van der Waals surface area (Å²) in [4.78, 5) is 52.0. The van der Waals surface area contributed by atoms with Gasteiger partial charge in [0, 0.05) is 11.5 Å². The molecule has 1 unspecified atom stereocenters. The number of carbonyl (C=O) groups excluding carboxylic acids is 2.